The number of aliphatic hydroxyl groups excluding tert-OH is 1. The number of rotatable bonds is 0. The van der Waals surface area contributed by atoms with E-state index < -0.39 is 5.60 Å². The van der Waals surface area contributed by atoms with Gasteiger partial charge in [0.1, 0.15) is 5.60 Å². The molecule has 0 aromatic rings. The molecule has 0 aromatic heterocycles. The number of likely N-dealkylation sites (tertiary alicyclic amines) is 1. The van der Waals surface area contributed by atoms with Crippen LogP contribution in [0.15, 0.2) is 0 Å². The van der Waals surface area contributed by atoms with E-state index in [0.717, 1.165) is 19.3 Å². The first kappa shape index (κ1) is 12.7. The highest BCUT2D eigenvalue weighted by atomic mass is 16.6. The summed E-state index contributed by atoms with van der Waals surface area (Å²) in [6.45, 7) is 6.92. The van der Waals surface area contributed by atoms with Crippen molar-refractivity contribution in [2.45, 2.75) is 58.2 Å². The van der Waals surface area contributed by atoms with Crippen molar-refractivity contribution in [1.29, 1.82) is 0 Å². The molecule has 17 heavy (non-hydrogen) atoms. The zero-order chi connectivity index (χ0) is 12.7. The predicted molar refractivity (Wildman–Crippen MR) is 64.7 cm³/mol. The van der Waals surface area contributed by atoms with Gasteiger partial charge in [0.25, 0.3) is 0 Å². The molecule has 0 bridgehead atoms. The minimum absolute atomic E-state index is 0.0326. The average Bonchev–Trinajstić information content (AvgIpc) is 2.12. The highest BCUT2D eigenvalue weighted by Gasteiger charge is 2.51. The van der Waals surface area contributed by atoms with Crippen LogP contribution in [0.4, 0.5) is 4.79 Å². The Hall–Kier alpha value is -0.770. The van der Waals surface area contributed by atoms with Gasteiger partial charge in [-0.05, 0) is 33.6 Å². The molecule has 0 radical (unpaired) electrons. The van der Waals surface area contributed by atoms with E-state index in [9.17, 15) is 9.90 Å². The fraction of sp³-hybridized carbons (Fsp3) is 0.923. The second kappa shape index (κ2) is 4.16. The minimum Gasteiger partial charge on any atom is -0.444 e. The summed E-state index contributed by atoms with van der Waals surface area (Å²) in [6.07, 6.45) is 3.69. The first-order valence-corrected chi connectivity index (χ1v) is 6.48. The standard InChI is InChI=1S/C13H23NO3/c1-12(2,3)17-11(16)14-8-13(9-14)7-5-4-6-10(13)15/h10,15H,4-9H2,1-3H3. The van der Waals surface area contributed by atoms with Crippen molar-refractivity contribution in [3.63, 3.8) is 0 Å². The smallest absolute Gasteiger partial charge is 0.410 e. The number of hydrogen-bond donors (Lipinski definition) is 1. The summed E-state index contributed by atoms with van der Waals surface area (Å²) in [6, 6.07) is 0. The van der Waals surface area contributed by atoms with Crippen LogP contribution in [0.2, 0.25) is 0 Å². The number of nitrogens with zero attached hydrogens (tertiary/aromatic N) is 1. The van der Waals surface area contributed by atoms with Gasteiger partial charge in [-0.2, -0.15) is 0 Å². The first-order chi connectivity index (χ1) is 7.82. The summed E-state index contributed by atoms with van der Waals surface area (Å²) in [5, 5.41) is 10.0. The fourth-order valence-electron chi connectivity index (χ4n) is 2.83. The van der Waals surface area contributed by atoms with Crippen molar-refractivity contribution in [3.8, 4) is 0 Å². The topological polar surface area (TPSA) is 49.8 Å². The molecule has 1 aliphatic heterocycles. The third-order valence-electron chi connectivity index (χ3n) is 3.77. The average molecular weight is 241 g/mol. The van der Waals surface area contributed by atoms with Gasteiger partial charge in [-0.15, -0.1) is 0 Å². The maximum atomic E-state index is 11.8. The first-order valence-electron chi connectivity index (χ1n) is 6.48. The third kappa shape index (κ3) is 2.57. The summed E-state index contributed by atoms with van der Waals surface area (Å²) in [7, 11) is 0. The Morgan fingerprint density at radius 2 is 2.00 bits per heavy atom. The molecule has 1 saturated heterocycles. The highest BCUT2D eigenvalue weighted by molar-refractivity contribution is 5.69. The molecule has 1 atom stereocenters. The van der Waals surface area contributed by atoms with Gasteiger partial charge < -0.3 is 14.7 Å². The molecule has 1 saturated carbocycles. The Balaban J connectivity index is 1.87. The highest BCUT2D eigenvalue weighted by Crippen LogP contribution is 2.44. The number of amides is 1. The normalized spacial score (nSPS) is 27.8. The van der Waals surface area contributed by atoms with E-state index in [0.29, 0.717) is 13.1 Å². The molecule has 1 aliphatic carbocycles. The fourth-order valence-corrected chi connectivity index (χ4v) is 2.83. The zero-order valence-corrected chi connectivity index (χ0v) is 11.0. The summed E-state index contributed by atoms with van der Waals surface area (Å²) in [5.41, 5.74) is -0.472. The molecule has 1 spiro atoms. The van der Waals surface area contributed by atoms with Crippen molar-refractivity contribution in [1.82, 2.24) is 4.90 Å². The van der Waals surface area contributed by atoms with Gasteiger partial charge in [-0.3, -0.25) is 0 Å². The van der Waals surface area contributed by atoms with E-state index in [1.807, 2.05) is 20.8 Å². The van der Waals surface area contributed by atoms with Crippen LogP contribution in [0.5, 0.6) is 0 Å². The molecule has 98 valence electrons. The molecule has 4 heteroatoms. The lowest BCUT2D eigenvalue weighted by molar-refractivity contribution is -0.113. The number of aliphatic hydroxyl groups is 1. The summed E-state index contributed by atoms with van der Waals surface area (Å²) in [4.78, 5) is 13.5. The molecule has 2 aliphatic rings. The Morgan fingerprint density at radius 1 is 1.35 bits per heavy atom. The van der Waals surface area contributed by atoms with E-state index in [1.165, 1.54) is 6.42 Å². The number of carbonyl (C=O) groups is 1. The maximum Gasteiger partial charge on any atom is 0.410 e. The molecule has 1 unspecified atom stereocenters. The lowest BCUT2D eigenvalue weighted by Crippen LogP contribution is -2.64. The van der Waals surface area contributed by atoms with Gasteiger partial charge in [0.05, 0.1) is 6.10 Å². The van der Waals surface area contributed by atoms with E-state index >= 15 is 0 Å². The van der Waals surface area contributed by atoms with Gasteiger partial charge in [-0.1, -0.05) is 12.8 Å². The van der Waals surface area contributed by atoms with Crippen LogP contribution in [-0.2, 0) is 4.74 Å². The monoisotopic (exact) mass is 241 g/mol. The van der Waals surface area contributed by atoms with Gasteiger partial charge in [0.15, 0.2) is 0 Å². The lowest BCUT2D eigenvalue weighted by Gasteiger charge is -2.54. The maximum absolute atomic E-state index is 11.8. The SMILES string of the molecule is CC(C)(C)OC(=O)N1CC2(CCCCC2O)C1. The van der Waals surface area contributed by atoms with Crippen LogP contribution in [0.3, 0.4) is 0 Å². The summed E-state index contributed by atoms with van der Waals surface area (Å²) in [5.74, 6) is 0. The van der Waals surface area contributed by atoms with E-state index in [1.54, 1.807) is 4.90 Å². The van der Waals surface area contributed by atoms with Crippen LogP contribution in [-0.4, -0.2) is 40.9 Å². The summed E-state index contributed by atoms with van der Waals surface area (Å²) < 4.78 is 5.32. The molecule has 1 N–H and O–H groups in total. The Bertz CT molecular complexity index is 302. The zero-order valence-electron chi connectivity index (χ0n) is 11.0. The minimum atomic E-state index is -0.439. The van der Waals surface area contributed by atoms with Crippen molar-refractivity contribution in [2.75, 3.05) is 13.1 Å². The van der Waals surface area contributed by atoms with E-state index in [-0.39, 0.29) is 17.6 Å². The number of carbonyl (C=O) groups excluding carboxylic acids is 1. The third-order valence-corrected chi connectivity index (χ3v) is 3.77. The van der Waals surface area contributed by atoms with Gasteiger partial charge in [0.2, 0.25) is 0 Å². The van der Waals surface area contributed by atoms with Crippen molar-refractivity contribution in [3.05, 3.63) is 0 Å². The van der Waals surface area contributed by atoms with Crippen molar-refractivity contribution in [2.24, 2.45) is 5.41 Å². The van der Waals surface area contributed by atoms with Gasteiger partial charge in [0, 0.05) is 18.5 Å². The molecule has 1 heterocycles. The summed E-state index contributed by atoms with van der Waals surface area (Å²) >= 11 is 0. The van der Waals surface area contributed by atoms with E-state index in [2.05, 4.69) is 0 Å². The number of hydrogen-bond acceptors (Lipinski definition) is 3. The lowest BCUT2D eigenvalue weighted by atomic mass is 9.67. The van der Waals surface area contributed by atoms with Crippen LogP contribution in [0.25, 0.3) is 0 Å². The Kier molecular flexibility index (Phi) is 3.10. The van der Waals surface area contributed by atoms with Crippen molar-refractivity contribution >= 4 is 6.09 Å². The largest absolute Gasteiger partial charge is 0.444 e. The molecule has 4 nitrogen and oxygen atoms in total. The molecule has 1 amide bonds. The molecule has 2 rings (SSSR count). The molecule has 2 fully saturated rings. The van der Waals surface area contributed by atoms with E-state index in [4.69, 9.17) is 4.74 Å². The van der Waals surface area contributed by atoms with Crippen LogP contribution >= 0.6 is 0 Å². The second-order valence-electron chi connectivity index (χ2n) is 6.46. The van der Waals surface area contributed by atoms with Crippen molar-refractivity contribution < 1.29 is 14.6 Å². The van der Waals surface area contributed by atoms with Crippen LogP contribution in [0, 0.1) is 5.41 Å². The second-order valence-corrected chi connectivity index (χ2v) is 6.46. The van der Waals surface area contributed by atoms with Gasteiger partial charge in [-0.25, -0.2) is 4.79 Å². The van der Waals surface area contributed by atoms with Crippen LogP contribution in [0.1, 0.15) is 46.5 Å². The van der Waals surface area contributed by atoms with Gasteiger partial charge >= 0.3 is 6.09 Å². The predicted octanol–water partition coefficient (Wildman–Crippen LogP) is 2.16. The Labute approximate surface area is 103 Å². The molecular formula is C13H23NO3. The Morgan fingerprint density at radius 3 is 2.53 bits per heavy atom. The molecule has 0 aromatic carbocycles. The quantitative estimate of drug-likeness (QED) is 0.707. The molecular weight excluding hydrogens is 218 g/mol. The van der Waals surface area contributed by atoms with Crippen LogP contribution < -0.4 is 0 Å². The number of ether oxygens (including phenoxy) is 1.